The Morgan fingerprint density at radius 3 is 2.00 bits per heavy atom. The van der Waals surface area contributed by atoms with Crippen LogP contribution in [0, 0.1) is 5.92 Å². The van der Waals surface area contributed by atoms with Gasteiger partial charge in [-0.25, -0.2) is 0 Å². The quantitative estimate of drug-likeness (QED) is 0.501. The standard InChI is InChI=1S/C29H38N2O6/c1-34-22-13-11-19(12-14-22)27-23(29(33)30-20-9-7-5-6-8-10-20)15-16-26(32)31(27)21-17-24(35-2)28(37-4)25(18-21)36-3/h11-14,17-18,20,23,27H,5-10,15-16H2,1-4H3,(H,30,33)/t23-,27-/m0/s1. The maximum absolute atomic E-state index is 13.8. The molecular weight excluding hydrogens is 472 g/mol. The zero-order valence-corrected chi connectivity index (χ0v) is 22.2. The molecule has 0 spiro atoms. The van der Waals surface area contributed by atoms with Crippen LogP contribution in [0.4, 0.5) is 5.69 Å². The Kier molecular flexibility index (Phi) is 8.79. The molecule has 200 valence electrons. The minimum absolute atomic E-state index is 0.00217. The number of methoxy groups -OCH3 is 4. The second-order valence-electron chi connectivity index (χ2n) is 9.71. The molecule has 2 fully saturated rings. The van der Waals surface area contributed by atoms with Crippen molar-refractivity contribution in [2.24, 2.45) is 5.92 Å². The zero-order chi connectivity index (χ0) is 26.4. The van der Waals surface area contributed by atoms with E-state index >= 15 is 0 Å². The molecule has 1 saturated carbocycles. The van der Waals surface area contributed by atoms with Crippen LogP contribution >= 0.6 is 0 Å². The molecule has 1 saturated heterocycles. The Balaban J connectivity index is 1.76. The van der Waals surface area contributed by atoms with Gasteiger partial charge in [0.2, 0.25) is 17.6 Å². The molecule has 2 aromatic rings. The SMILES string of the molecule is COc1ccc([C@H]2[C@@H](C(=O)NC3CCCCCC3)CCC(=O)N2c2cc(OC)c(OC)c(OC)c2)cc1. The van der Waals surface area contributed by atoms with Crippen LogP contribution in [-0.4, -0.2) is 46.3 Å². The van der Waals surface area contributed by atoms with Crippen molar-refractivity contribution in [1.29, 1.82) is 0 Å². The van der Waals surface area contributed by atoms with E-state index in [9.17, 15) is 9.59 Å². The van der Waals surface area contributed by atoms with Crippen molar-refractivity contribution in [2.45, 2.75) is 63.5 Å². The summed E-state index contributed by atoms with van der Waals surface area (Å²) in [7, 11) is 6.25. The molecule has 8 heteroatoms. The third kappa shape index (κ3) is 5.78. The summed E-state index contributed by atoms with van der Waals surface area (Å²) in [6.07, 6.45) is 7.45. The van der Waals surface area contributed by atoms with Crippen LogP contribution in [0.3, 0.4) is 0 Å². The highest BCUT2D eigenvalue weighted by molar-refractivity contribution is 5.98. The Morgan fingerprint density at radius 1 is 0.838 bits per heavy atom. The van der Waals surface area contributed by atoms with E-state index in [2.05, 4.69) is 5.32 Å². The predicted octanol–water partition coefficient (Wildman–Crippen LogP) is 5.04. The van der Waals surface area contributed by atoms with E-state index in [1.807, 2.05) is 24.3 Å². The van der Waals surface area contributed by atoms with Gasteiger partial charge in [0.25, 0.3) is 0 Å². The minimum Gasteiger partial charge on any atom is -0.497 e. The van der Waals surface area contributed by atoms with Crippen LogP contribution in [0.1, 0.15) is 63.0 Å². The number of benzene rings is 2. The number of ether oxygens (including phenoxy) is 4. The lowest BCUT2D eigenvalue weighted by Gasteiger charge is -2.41. The number of carbonyl (C=O) groups excluding carboxylic acids is 2. The summed E-state index contributed by atoms with van der Waals surface area (Å²) in [6.45, 7) is 0. The van der Waals surface area contributed by atoms with Gasteiger partial charge in [0.1, 0.15) is 5.75 Å². The van der Waals surface area contributed by atoms with Gasteiger partial charge in [-0.1, -0.05) is 37.8 Å². The van der Waals surface area contributed by atoms with Gasteiger partial charge in [-0.15, -0.1) is 0 Å². The molecule has 1 aliphatic heterocycles. The Labute approximate surface area is 219 Å². The summed E-state index contributed by atoms with van der Waals surface area (Å²) < 4.78 is 22.0. The second kappa shape index (κ2) is 12.2. The molecule has 1 heterocycles. The average Bonchev–Trinajstić information content (AvgIpc) is 3.20. The fraction of sp³-hybridized carbons (Fsp3) is 0.517. The van der Waals surface area contributed by atoms with E-state index in [0.717, 1.165) is 31.2 Å². The summed E-state index contributed by atoms with van der Waals surface area (Å²) in [4.78, 5) is 29.0. The van der Waals surface area contributed by atoms with Crippen molar-refractivity contribution in [3.05, 3.63) is 42.0 Å². The van der Waals surface area contributed by atoms with E-state index in [-0.39, 0.29) is 24.3 Å². The third-order valence-corrected chi connectivity index (χ3v) is 7.52. The van der Waals surface area contributed by atoms with Crippen LogP contribution in [0.2, 0.25) is 0 Å². The molecule has 2 atom stereocenters. The van der Waals surface area contributed by atoms with Crippen molar-refractivity contribution in [2.75, 3.05) is 33.3 Å². The highest BCUT2D eigenvalue weighted by Crippen LogP contribution is 2.46. The molecule has 0 unspecified atom stereocenters. The summed E-state index contributed by atoms with van der Waals surface area (Å²) in [6, 6.07) is 10.8. The van der Waals surface area contributed by atoms with Crippen molar-refractivity contribution in [1.82, 2.24) is 5.32 Å². The highest BCUT2D eigenvalue weighted by Gasteiger charge is 2.42. The van der Waals surface area contributed by atoms with Crippen molar-refractivity contribution in [3.8, 4) is 23.0 Å². The van der Waals surface area contributed by atoms with Crippen LogP contribution < -0.4 is 29.2 Å². The van der Waals surface area contributed by atoms with Gasteiger partial charge in [-0.3, -0.25) is 9.59 Å². The van der Waals surface area contributed by atoms with Crippen LogP contribution in [-0.2, 0) is 9.59 Å². The van der Waals surface area contributed by atoms with E-state index < -0.39 is 12.0 Å². The lowest BCUT2D eigenvalue weighted by atomic mass is 9.82. The number of hydrogen-bond acceptors (Lipinski definition) is 6. The van der Waals surface area contributed by atoms with Gasteiger partial charge in [0.15, 0.2) is 11.5 Å². The maximum Gasteiger partial charge on any atom is 0.227 e. The van der Waals surface area contributed by atoms with Crippen molar-refractivity contribution >= 4 is 17.5 Å². The van der Waals surface area contributed by atoms with Crippen molar-refractivity contribution in [3.63, 3.8) is 0 Å². The number of rotatable bonds is 8. The smallest absolute Gasteiger partial charge is 0.227 e. The molecule has 2 aromatic carbocycles. The molecule has 0 bridgehead atoms. The molecule has 2 aliphatic rings. The number of amides is 2. The fourth-order valence-corrected chi connectivity index (χ4v) is 5.59. The molecule has 0 aromatic heterocycles. The first kappa shape index (κ1) is 26.6. The molecule has 8 nitrogen and oxygen atoms in total. The fourth-order valence-electron chi connectivity index (χ4n) is 5.59. The first-order valence-electron chi connectivity index (χ1n) is 13.1. The van der Waals surface area contributed by atoms with E-state index in [1.165, 1.54) is 12.8 Å². The zero-order valence-electron chi connectivity index (χ0n) is 22.2. The Morgan fingerprint density at radius 2 is 1.46 bits per heavy atom. The van der Waals surface area contributed by atoms with Gasteiger partial charge < -0.3 is 29.2 Å². The number of nitrogens with zero attached hydrogens (tertiary/aromatic N) is 1. The summed E-state index contributed by atoms with van der Waals surface area (Å²) in [5, 5.41) is 3.33. The average molecular weight is 511 g/mol. The molecule has 2 amide bonds. The molecule has 4 rings (SSSR count). The van der Waals surface area contributed by atoms with Crippen LogP contribution in [0.15, 0.2) is 36.4 Å². The summed E-state index contributed by atoms with van der Waals surface area (Å²) >= 11 is 0. The number of carbonyl (C=O) groups is 2. The van der Waals surface area contributed by atoms with Gasteiger partial charge in [0.05, 0.1) is 46.1 Å². The second-order valence-corrected chi connectivity index (χ2v) is 9.71. The van der Waals surface area contributed by atoms with Gasteiger partial charge in [-0.2, -0.15) is 0 Å². The van der Waals surface area contributed by atoms with Gasteiger partial charge >= 0.3 is 0 Å². The molecular formula is C29H38N2O6. The summed E-state index contributed by atoms with van der Waals surface area (Å²) in [5.41, 5.74) is 1.45. The van der Waals surface area contributed by atoms with Gasteiger partial charge in [-0.05, 0) is 37.0 Å². The Bertz CT molecular complexity index is 1050. The minimum atomic E-state index is -0.499. The highest BCUT2D eigenvalue weighted by atomic mass is 16.5. The molecule has 37 heavy (non-hydrogen) atoms. The Hall–Kier alpha value is -3.42. The monoisotopic (exact) mass is 510 g/mol. The van der Waals surface area contributed by atoms with E-state index in [1.54, 1.807) is 45.5 Å². The van der Waals surface area contributed by atoms with Crippen LogP contribution in [0.25, 0.3) is 0 Å². The van der Waals surface area contributed by atoms with Crippen LogP contribution in [0.5, 0.6) is 23.0 Å². The third-order valence-electron chi connectivity index (χ3n) is 7.52. The lowest BCUT2D eigenvalue weighted by Crippen LogP contribution is -2.50. The number of hydrogen-bond donors (Lipinski definition) is 1. The first-order valence-corrected chi connectivity index (χ1v) is 13.1. The van der Waals surface area contributed by atoms with E-state index in [0.29, 0.717) is 35.1 Å². The van der Waals surface area contributed by atoms with Crippen molar-refractivity contribution < 1.29 is 28.5 Å². The topological polar surface area (TPSA) is 86.3 Å². The number of nitrogens with one attached hydrogen (secondary N) is 1. The van der Waals surface area contributed by atoms with Gasteiger partial charge in [0, 0.05) is 24.6 Å². The predicted molar refractivity (Wildman–Crippen MR) is 142 cm³/mol. The normalized spacial score (nSPS) is 20.6. The molecule has 1 aliphatic carbocycles. The summed E-state index contributed by atoms with van der Waals surface area (Å²) in [5.74, 6) is 1.58. The lowest BCUT2D eigenvalue weighted by molar-refractivity contribution is -0.130. The maximum atomic E-state index is 13.8. The number of piperidine rings is 1. The molecule has 0 radical (unpaired) electrons. The first-order chi connectivity index (χ1) is 18.0. The number of anilines is 1. The molecule has 1 N–H and O–H groups in total. The van der Waals surface area contributed by atoms with E-state index in [4.69, 9.17) is 18.9 Å². The largest absolute Gasteiger partial charge is 0.497 e.